The second-order valence-corrected chi connectivity index (χ2v) is 7.86. The van der Waals surface area contributed by atoms with Crippen molar-refractivity contribution in [3.63, 3.8) is 0 Å². The average Bonchev–Trinajstić information content (AvgIpc) is 3.22. The van der Waals surface area contributed by atoms with Crippen molar-refractivity contribution in [3.8, 4) is 0 Å². The third-order valence-electron chi connectivity index (χ3n) is 5.75. The van der Waals surface area contributed by atoms with Crippen molar-refractivity contribution in [1.29, 1.82) is 0 Å². The number of guanidine groups is 1. The molecule has 1 atom stereocenters. The second kappa shape index (κ2) is 10.8. The van der Waals surface area contributed by atoms with Crippen molar-refractivity contribution in [2.45, 2.75) is 39.4 Å². The zero-order valence-electron chi connectivity index (χ0n) is 17.9. The third kappa shape index (κ3) is 5.93. The van der Waals surface area contributed by atoms with Crippen molar-refractivity contribution in [2.24, 2.45) is 4.99 Å². The Morgan fingerprint density at radius 1 is 1.21 bits per heavy atom. The molecule has 2 aliphatic rings. The van der Waals surface area contributed by atoms with Crippen molar-refractivity contribution in [3.05, 3.63) is 35.4 Å². The van der Waals surface area contributed by atoms with Crippen LogP contribution in [0.3, 0.4) is 0 Å². The predicted molar refractivity (Wildman–Crippen MR) is 116 cm³/mol. The topological polar surface area (TPSA) is 43.3 Å². The predicted octanol–water partition coefficient (Wildman–Crippen LogP) is 2.01. The molecule has 6 heteroatoms. The Labute approximate surface area is 170 Å². The Balaban J connectivity index is 1.60. The zero-order valence-corrected chi connectivity index (χ0v) is 17.9. The summed E-state index contributed by atoms with van der Waals surface area (Å²) >= 11 is 0. The van der Waals surface area contributed by atoms with Crippen LogP contribution in [0.1, 0.15) is 31.4 Å². The summed E-state index contributed by atoms with van der Waals surface area (Å²) in [5.74, 6) is 1.05. The lowest BCUT2D eigenvalue weighted by atomic mass is 10.1. The summed E-state index contributed by atoms with van der Waals surface area (Å²) in [6.45, 7) is 14.0. The van der Waals surface area contributed by atoms with Crippen molar-refractivity contribution in [2.75, 3.05) is 59.5 Å². The molecule has 0 bridgehead atoms. The van der Waals surface area contributed by atoms with Gasteiger partial charge >= 0.3 is 0 Å². The van der Waals surface area contributed by atoms with Crippen LogP contribution in [-0.4, -0.2) is 86.2 Å². The van der Waals surface area contributed by atoms with Gasteiger partial charge in [-0.1, -0.05) is 31.2 Å². The molecule has 2 aliphatic heterocycles. The maximum Gasteiger partial charge on any atom is 0.194 e. The van der Waals surface area contributed by atoms with Gasteiger partial charge in [0.05, 0.1) is 19.8 Å². The van der Waals surface area contributed by atoms with Crippen LogP contribution in [0.4, 0.5) is 0 Å². The number of nitrogens with zero attached hydrogens (tertiary/aromatic N) is 4. The van der Waals surface area contributed by atoms with E-state index in [0.717, 1.165) is 71.5 Å². The van der Waals surface area contributed by atoms with E-state index in [4.69, 9.17) is 9.73 Å². The van der Waals surface area contributed by atoms with E-state index < -0.39 is 0 Å². The summed E-state index contributed by atoms with van der Waals surface area (Å²) < 4.78 is 5.51. The van der Waals surface area contributed by atoms with E-state index in [1.165, 1.54) is 17.5 Å². The number of rotatable bonds is 7. The van der Waals surface area contributed by atoms with Crippen LogP contribution in [0, 0.1) is 0 Å². The quantitative estimate of drug-likeness (QED) is 0.573. The number of hydrogen-bond acceptors (Lipinski definition) is 4. The molecule has 1 N–H and O–H groups in total. The number of ether oxygens (including phenoxy) is 1. The van der Waals surface area contributed by atoms with Gasteiger partial charge in [0.15, 0.2) is 5.96 Å². The first-order valence-corrected chi connectivity index (χ1v) is 10.8. The van der Waals surface area contributed by atoms with Crippen molar-refractivity contribution >= 4 is 5.96 Å². The molecule has 28 heavy (non-hydrogen) atoms. The van der Waals surface area contributed by atoms with Gasteiger partial charge in [-0.25, -0.2) is 4.99 Å². The summed E-state index contributed by atoms with van der Waals surface area (Å²) in [5.41, 5.74) is 2.64. The molecule has 0 radical (unpaired) electrons. The molecule has 1 aromatic rings. The molecule has 2 fully saturated rings. The lowest BCUT2D eigenvalue weighted by Crippen LogP contribution is -2.46. The van der Waals surface area contributed by atoms with Gasteiger partial charge in [0, 0.05) is 45.3 Å². The minimum absolute atomic E-state index is 0.626. The highest BCUT2D eigenvalue weighted by Crippen LogP contribution is 2.17. The monoisotopic (exact) mass is 387 g/mol. The molecular weight excluding hydrogens is 350 g/mol. The standard InChI is InChI=1S/C22H37N5O/c1-4-23-22(27-10-9-21(18-27)26-11-13-28-14-12-26)24-16-19-7-6-8-20(15-19)17-25(3)5-2/h6-8,15,21H,4-5,9-14,16-18H2,1-3H3,(H,23,24). The number of hydrogen-bond donors (Lipinski definition) is 1. The van der Waals surface area contributed by atoms with Gasteiger partial charge in [-0.3, -0.25) is 4.90 Å². The Morgan fingerprint density at radius 2 is 2.00 bits per heavy atom. The number of aliphatic imine (C=N–C) groups is 1. The van der Waals surface area contributed by atoms with Gasteiger partial charge in [0.1, 0.15) is 0 Å². The first kappa shape index (κ1) is 21.1. The summed E-state index contributed by atoms with van der Waals surface area (Å²) in [5, 5.41) is 3.50. The highest BCUT2D eigenvalue weighted by atomic mass is 16.5. The molecule has 0 aliphatic carbocycles. The molecule has 0 spiro atoms. The normalized spacial score (nSPS) is 21.5. The van der Waals surface area contributed by atoms with E-state index in [9.17, 15) is 0 Å². The SMILES string of the molecule is CCNC(=NCc1cccc(CN(C)CC)c1)N1CCC(N2CCOCC2)C1. The van der Waals surface area contributed by atoms with E-state index >= 15 is 0 Å². The fourth-order valence-electron chi connectivity index (χ4n) is 4.02. The molecule has 0 aromatic heterocycles. The highest BCUT2D eigenvalue weighted by molar-refractivity contribution is 5.80. The summed E-state index contributed by atoms with van der Waals surface area (Å²) in [6.07, 6.45) is 1.21. The maximum absolute atomic E-state index is 5.51. The molecule has 3 rings (SSSR count). The number of likely N-dealkylation sites (tertiary alicyclic amines) is 1. The van der Waals surface area contributed by atoms with Crippen LogP contribution in [0.25, 0.3) is 0 Å². The number of benzene rings is 1. The number of morpholine rings is 1. The smallest absolute Gasteiger partial charge is 0.194 e. The Kier molecular flexibility index (Phi) is 8.13. The highest BCUT2D eigenvalue weighted by Gasteiger charge is 2.30. The van der Waals surface area contributed by atoms with Crippen LogP contribution >= 0.6 is 0 Å². The van der Waals surface area contributed by atoms with Gasteiger partial charge in [0.25, 0.3) is 0 Å². The van der Waals surface area contributed by atoms with E-state index in [1.807, 2.05) is 0 Å². The largest absolute Gasteiger partial charge is 0.379 e. The Hall–Kier alpha value is -1.63. The zero-order chi connectivity index (χ0) is 19.8. The molecule has 156 valence electrons. The van der Waals surface area contributed by atoms with Gasteiger partial charge in [0.2, 0.25) is 0 Å². The second-order valence-electron chi connectivity index (χ2n) is 7.86. The molecule has 2 heterocycles. The van der Waals surface area contributed by atoms with Gasteiger partial charge in [-0.2, -0.15) is 0 Å². The molecule has 0 amide bonds. The molecular formula is C22H37N5O. The van der Waals surface area contributed by atoms with Gasteiger partial charge in [-0.15, -0.1) is 0 Å². The van der Waals surface area contributed by atoms with Crippen LogP contribution < -0.4 is 5.32 Å². The molecule has 1 unspecified atom stereocenters. The fraction of sp³-hybridized carbons (Fsp3) is 0.682. The van der Waals surface area contributed by atoms with Crippen molar-refractivity contribution in [1.82, 2.24) is 20.0 Å². The van der Waals surface area contributed by atoms with Gasteiger partial charge < -0.3 is 19.9 Å². The first-order valence-electron chi connectivity index (χ1n) is 10.8. The summed E-state index contributed by atoms with van der Waals surface area (Å²) in [6, 6.07) is 9.46. The molecule has 2 saturated heterocycles. The lowest BCUT2D eigenvalue weighted by molar-refractivity contribution is 0.0195. The van der Waals surface area contributed by atoms with E-state index in [2.05, 4.69) is 65.2 Å². The van der Waals surface area contributed by atoms with Crippen LogP contribution in [0.5, 0.6) is 0 Å². The Morgan fingerprint density at radius 3 is 2.75 bits per heavy atom. The van der Waals surface area contributed by atoms with Crippen LogP contribution in [0.2, 0.25) is 0 Å². The van der Waals surface area contributed by atoms with Crippen LogP contribution in [0.15, 0.2) is 29.3 Å². The van der Waals surface area contributed by atoms with Gasteiger partial charge in [-0.05, 0) is 38.1 Å². The third-order valence-corrected chi connectivity index (χ3v) is 5.75. The molecule has 6 nitrogen and oxygen atoms in total. The van der Waals surface area contributed by atoms with Crippen molar-refractivity contribution < 1.29 is 4.74 Å². The minimum atomic E-state index is 0.626. The van der Waals surface area contributed by atoms with E-state index in [1.54, 1.807) is 0 Å². The summed E-state index contributed by atoms with van der Waals surface area (Å²) in [4.78, 5) is 12.3. The fourth-order valence-corrected chi connectivity index (χ4v) is 4.02. The average molecular weight is 388 g/mol. The Bertz CT molecular complexity index is 629. The molecule has 1 aromatic carbocycles. The maximum atomic E-state index is 5.51. The summed E-state index contributed by atoms with van der Waals surface area (Å²) in [7, 11) is 2.16. The molecule has 0 saturated carbocycles. The number of nitrogens with one attached hydrogen (secondary N) is 1. The lowest BCUT2D eigenvalue weighted by Gasteiger charge is -2.32. The van der Waals surface area contributed by atoms with E-state index in [0.29, 0.717) is 6.04 Å². The van der Waals surface area contributed by atoms with E-state index in [-0.39, 0.29) is 0 Å². The minimum Gasteiger partial charge on any atom is -0.379 e. The van der Waals surface area contributed by atoms with Crippen LogP contribution in [-0.2, 0) is 17.8 Å². The first-order chi connectivity index (χ1) is 13.7.